The average Bonchev–Trinajstić information content (AvgIpc) is 3.01. The van der Waals surface area contributed by atoms with Crippen LogP contribution in [0.5, 0.6) is 0 Å². The van der Waals surface area contributed by atoms with Crippen molar-refractivity contribution in [1.82, 2.24) is 15.5 Å². The number of benzene rings is 1. The number of hydrogen-bond acceptors (Lipinski definition) is 3. The molecule has 5 nitrogen and oxygen atoms in total. The molecule has 20 heavy (non-hydrogen) atoms. The third-order valence-corrected chi connectivity index (χ3v) is 3.44. The Hall–Kier alpha value is -2.56. The van der Waals surface area contributed by atoms with Gasteiger partial charge in [-0.3, -0.25) is 4.79 Å². The number of carbonyl (C=O) groups is 1. The highest BCUT2D eigenvalue weighted by molar-refractivity contribution is 6.06. The van der Waals surface area contributed by atoms with Crippen molar-refractivity contribution >= 4 is 16.8 Å². The molecule has 0 bridgehead atoms. The molecule has 2 aromatic heterocycles. The van der Waals surface area contributed by atoms with Crippen molar-refractivity contribution in [3.8, 4) is 0 Å². The fourth-order valence-corrected chi connectivity index (χ4v) is 2.28. The van der Waals surface area contributed by atoms with Crippen LogP contribution in [0.2, 0.25) is 0 Å². The number of amides is 1. The third kappa shape index (κ3) is 2.07. The lowest BCUT2D eigenvalue weighted by Crippen LogP contribution is -2.23. The molecule has 0 unspecified atom stereocenters. The van der Waals surface area contributed by atoms with Gasteiger partial charge in [0.25, 0.3) is 5.91 Å². The van der Waals surface area contributed by atoms with Crippen molar-refractivity contribution in [3.63, 3.8) is 0 Å². The van der Waals surface area contributed by atoms with Gasteiger partial charge in [0.2, 0.25) is 0 Å². The zero-order valence-corrected chi connectivity index (χ0v) is 11.4. The standard InChI is InChI=1S/C15H15N3O2/c1-9-12(10(2)20-18-9)7-17-15(19)13-8-16-14-6-4-3-5-11(13)14/h3-6,8,16H,7H2,1-2H3,(H,17,19). The maximum atomic E-state index is 12.3. The molecule has 0 atom stereocenters. The van der Waals surface area contributed by atoms with E-state index in [4.69, 9.17) is 4.52 Å². The van der Waals surface area contributed by atoms with E-state index in [-0.39, 0.29) is 5.91 Å². The van der Waals surface area contributed by atoms with E-state index in [1.54, 1.807) is 6.20 Å². The first-order chi connectivity index (χ1) is 9.66. The highest BCUT2D eigenvalue weighted by atomic mass is 16.5. The lowest BCUT2D eigenvalue weighted by molar-refractivity contribution is 0.0952. The topological polar surface area (TPSA) is 70.9 Å². The summed E-state index contributed by atoms with van der Waals surface area (Å²) < 4.78 is 5.08. The molecule has 3 rings (SSSR count). The number of aromatic amines is 1. The number of hydrogen-bond donors (Lipinski definition) is 2. The van der Waals surface area contributed by atoms with Gasteiger partial charge in [-0.05, 0) is 19.9 Å². The summed E-state index contributed by atoms with van der Waals surface area (Å²) in [6, 6.07) is 7.72. The smallest absolute Gasteiger partial charge is 0.253 e. The maximum absolute atomic E-state index is 12.3. The van der Waals surface area contributed by atoms with Crippen molar-refractivity contribution in [2.45, 2.75) is 20.4 Å². The number of para-hydroxylation sites is 1. The minimum atomic E-state index is -0.109. The molecule has 0 spiro atoms. The molecule has 2 N–H and O–H groups in total. The number of H-pyrrole nitrogens is 1. The fraction of sp³-hybridized carbons (Fsp3) is 0.200. The Morgan fingerprint density at radius 1 is 1.35 bits per heavy atom. The minimum Gasteiger partial charge on any atom is -0.361 e. The summed E-state index contributed by atoms with van der Waals surface area (Å²) in [5, 5.41) is 7.70. The van der Waals surface area contributed by atoms with Crippen LogP contribution in [0.1, 0.15) is 27.4 Å². The first-order valence-corrected chi connectivity index (χ1v) is 6.43. The van der Waals surface area contributed by atoms with Gasteiger partial charge >= 0.3 is 0 Å². The van der Waals surface area contributed by atoms with Crippen molar-refractivity contribution in [2.24, 2.45) is 0 Å². The van der Waals surface area contributed by atoms with E-state index in [9.17, 15) is 4.79 Å². The molecule has 0 fully saturated rings. The Bertz CT molecular complexity index is 751. The molecule has 5 heteroatoms. The first-order valence-electron chi connectivity index (χ1n) is 6.43. The minimum absolute atomic E-state index is 0.109. The van der Waals surface area contributed by atoms with Crippen LogP contribution >= 0.6 is 0 Å². The van der Waals surface area contributed by atoms with Gasteiger partial charge in [0, 0.05) is 29.2 Å². The Morgan fingerprint density at radius 2 is 2.15 bits per heavy atom. The van der Waals surface area contributed by atoms with E-state index in [0.29, 0.717) is 12.1 Å². The van der Waals surface area contributed by atoms with Gasteiger partial charge in [0.05, 0.1) is 11.3 Å². The van der Waals surface area contributed by atoms with Crippen molar-refractivity contribution in [2.75, 3.05) is 0 Å². The Balaban J connectivity index is 1.80. The van der Waals surface area contributed by atoms with Crippen LogP contribution in [0.15, 0.2) is 35.0 Å². The quantitative estimate of drug-likeness (QED) is 0.768. The summed E-state index contributed by atoms with van der Waals surface area (Å²) in [5.41, 5.74) is 3.34. The molecule has 1 amide bonds. The van der Waals surface area contributed by atoms with E-state index in [0.717, 1.165) is 27.9 Å². The zero-order valence-electron chi connectivity index (χ0n) is 11.4. The predicted molar refractivity (Wildman–Crippen MR) is 75.4 cm³/mol. The van der Waals surface area contributed by atoms with Gasteiger partial charge in [0.15, 0.2) is 0 Å². The van der Waals surface area contributed by atoms with E-state index in [2.05, 4.69) is 15.5 Å². The van der Waals surface area contributed by atoms with Gasteiger partial charge in [-0.1, -0.05) is 23.4 Å². The summed E-state index contributed by atoms with van der Waals surface area (Å²) in [5.74, 6) is 0.629. The largest absolute Gasteiger partial charge is 0.361 e. The molecule has 0 radical (unpaired) electrons. The van der Waals surface area contributed by atoms with Crippen LogP contribution in [0.3, 0.4) is 0 Å². The summed E-state index contributed by atoms with van der Waals surface area (Å²) in [6.07, 6.45) is 1.73. The second-order valence-corrected chi connectivity index (χ2v) is 4.73. The van der Waals surface area contributed by atoms with Gasteiger partial charge in [-0.2, -0.15) is 0 Å². The summed E-state index contributed by atoms with van der Waals surface area (Å²) in [4.78, 5) is 15.3. The van der Waals surface area contributed by atoms with Crippen LogP contribution < -0.4 is 5.32 Å². The number of carbonyl (C=O) groups excluding carboxylic acids is 1. The van der Waals surface area contributed by atoms with Crippen molar-refractivity contribution in [3.05, 3.63) is 53.0 Å². The van der Waals surface area contributed by atoms with Crippen molar-refractivity contribution in [1.29, 1.82) is 0 Å². The van der Waals surface area contributed by atoms with E-state index in [1.165, 1.54) is 0 Å². The lowest BCUT2D eigenvalue weighted by Gasteiger charge is -2.03. The SMILES string of the molecule is Cc1noc(C)c1CNC(=O)c1c[nH]c2ccccc12. The lowest BCUT2D eigenvalue weighted by atomic mass is 10.1. The normalized spacial score (nSPS) is 10.9. The molecule has 2 heterocycles. The van der Waals surface area contributed by atoms with Crippen LogP contribution in [-0.2, 0) is 6.54 Å². The van der Waals surface area contributed by atoms with Crippen LogP contribution in [0.4, 0.5) is 0 Å². The molecule has 0 saturated carbocycles. The predicted octanol–water partition coefficient (Wildman–Crippen LogP) is 2.70. The van der Waals surface area contributed by atoms with Gasteiger partial charge < -0.3 is 14.8 Å². The fourth-order valence-electron chi connectivity index (χ4n) is 2.28. The van der Waals surface area contributed by atoms with Crippen LogP contribution in [-0.4, -0.2) is 16.0 Å². The number of nitrogens with one attached hydrogen (secondary N) is 2. The first kappa shape index (κ1) is 12.5. The molecule has 3 aromatic rings. The molecular formula is C15H15N3O2. The molecule has 0 aliphatic carbocycles. The summed E-state index contributed by atoms with van der Waals surface area (Å²) >= 11 is 0. The number of fused-ring (bicyclic) bond motifs is 1. The second kappa shape index (κ2) is 4.85. The van der Waals surface area contributed by atoms with Crippen LogP contribution in [0, 0.1) is 13.8 Å². The molecule has 0 saturated heterocycles. The van der Waals surface area contributed by atoms with Gasteiger partial charge in [-0.25, -0.2) is 0 Å². The highest BCUT2D eigenvalue weighted by Gasteiger charge is 2.14. The van der Waals surface area contributed by atoms with E-state index in [1.807, 2.05) is 38.1 Å². The Labute approximate surface area is 116 Å². The Morgan fingerprint density at radius 3 is 2.90 bits per heavy atom. The van der Waals surface area contributed by atoms with E-state index < -0.39 is 0 Å². The third-order valence-electron chi connectivity index (χ3n) is 3.44. The number of aromatic nitrogens is 2. The average molecular weight is 269 g/mol. The highest BCUT2D eigenvalue weighted by Crippen LogP contribution is 2.18. The Kier molecular flexibility index (Phi) is 3.02. The number of nitrogens with zero attached hydrogens (tertiary/aromatic N) is 1. The van der Waals surface area contributed by atoms with E-state index >= 15 is 0 Å². The zero-order chi connectivity index (χ0) is 14.1. The molecule has 0 aliphatic rings. The second-order valence-electron chi connectivity index (χ2n) is 4.73. The molecule has 102 valence electrons. The van der Waals surface area contributed by atoms with Gasteiger partial charge in [-0.15, -0.1) is 0 Å². The monoisotopic (exact) mass is 269 g/mol. The van der Waals surface area contributed by atoms with Crippen LogP contribution in [0.25, 0.3) is 10.9 Å². The van der Waals surface area contributed by atoms with Crippen molar-refractivity contribution < 1.29 is 9.32 Å². The molecule has 0 aliphatic heterocycles. The van der Waals surface area contributed by atoms with Gasteiger partial charge in [0.1, 0.15) is 5.76 Å². The number of aryl methyl sites for hydroxylation is 2. The maximum Gasteiger partial charge on any atom is 0.253 e. The summed E-state index contributed by atoms with van der Waals surface area (Å²) in [7, 11) is 0. The number of rotatable bonds is 3. The summed E-state index contributed by atoms with van der Waals surface area (Å²) in [6.45, 7) is 4.12. The molecule has 1 aromatic carbocycles. The molecular weight excluding hydrogens is 254 g/mol.